The van der Waals surface area contributed by atoms with Gasteiger partial charge in [-0.1, -0.05) is 30.7 Å². The normalized spacial score (nSPS) is 16.9. The SMILES string of the molecule is CNC(=O)c1sc2ccccc2c1C[C@H]1CCCCN1Cc1ccc(OC)c(OC)c1. The predicted molar refractivity (Wildman–Crippen MR) is 127 cm³/mol. The van der Waals surface area contributed by atoms with Crippen LogP contribution < -0.4 is 14.8 Å². The van der Waals surface area contributed by atoms with E-state index in [0.717, 1.165) is 42.3 Å². The Balaban J connectivity index is 1.61. The molecule has 6 heteroatoms. The fraction of sp³-hybridized carbons (Fsp3) is 0.400. The molecule has 0 radical (unpaired) electrons. The van der Waals surface area contributed by atoms with Crippen LogP contribution in [-0.4, -0.2) is 44.7 Å². The zero-order chi connectivity index (χ0) is 21.8. The second-order valence-electron chi connectivity index (χ2n) is 8.00. The number of rotatable bonds is 7. The summed E-state index contributed by atoms with van der Waals surface area (Å²) in [5.74, 6) is 1.53. The number of nitrogens with one attached hydrogen (secondary N) is 1. The summed E-state index contributed by atoms with van der Waals surface area (Å²) in [6.07, 6.45) is 4.46. The molecule has 0 spiro atoms. The highest BCUT2D eigenvalue weighted by Gasteiger charge is 2.27. The molecule has 0 aliphatic carbocycles. The number of methoxy groups -OCH3 is 2. The molecule has 0 saturated carbocycles. The number of piperidine rings is 1. The highest BCUT2D eigenvalue weighted by molar-refractivity contribution is 7.21. The van der Waals surface area contributed by atoms with E-state index >= 15 is 0 Å². The molecule has 0 unspecified atom stereocenters. The number of hydrogen-bond acceptors (Lipinski definition) is 5. The smallest absolute Gasteiger partial charge is 0.261 e. The van der Waals surface area contributed by atoms with Crippen LogP contribution in [0.4, 0.5) is 0 Å². The second-order valence-corrected chi connectivity index (χ2v) is 9.05. The van der Waals surface area contributed by atoms with Crippen LogP contribution in [-0.2, 0) is 13.0 Å². The topological polar surface area (TPSA) is 50.8 Å². The van der Waals surface area contributed by atoms with E-state index in [1.54, 1.807) is 32.6 Å². The molecule has 0 bridgehead atoms. The predicted octanol–water partition coefficient (Wildman–Crippen LogP) is 4.88. The molecule has 4 rings (SSSR count). The van der Waals surface area contributed by atoms with Gasteiger partial charge in [-0.3, -0.25) is 9.69 Å². The van der Waals surface area contributed by atoms with Crippen LogP contribution in [0.5, 0.6) is 11.5 Å². The second kappa shape index (κ2) is 9.71. The molecule has 164 valence electrons. The molecule has 1 aliphatic rings. The van der Waals surface area contributed by atoms with Gasteiger partial charge in [-0.25, -0.2) is 0 Å². The summed E-state index contributed by atoms with van der Waals surface area (Å²) in [5.41, 5.74) is 2.40. The molecule has 31 heavy (non-hydrogen) atoms. The quantitative estimate of drug-likeness (QED) is 0.571. The number of carbonyl (C=O) groups is 1. The Labute approximate surface area is 188 Å². The summed E-state index contributed by atoms with van der Waals surface area (Å²) in [5, 5.41) is 4.04. The summed E-state index contributed by atoms with van der Waals surface area (Å²) in [6.45, 7) is 1.93. The van der Waals surface area contributed by atoms with Gasteiger partial charge in [0.25, 0.3) is 5.91 Å². The largest absolute Gasteiger partial charge is 0.493 e. The van der Waals surface area contributed by atoms with Crippen molar-refractivity contribution in [3.63, 3.8) is 0 Å². The first-order valence-corrected chi connectivity index (χ1v) is 11.6. The average molecular weight is 439 g/mol. The van der Waals surface area contributed by atoms with E-state index in [1.165, 1.54) is 34.1 Å². The Morgan fingerprint density at radius 2 is 1.94 bits per heavy atom. The number of carbonyl (C=O) groups excluding carboxylic acids is 1. The maximum absolute atomic E-state index is 12.6. The first-order chi connectivity index (χ1) is 15.1. The zero-order valence-corrected chi connectivity index (χ0v) is 19.3. The molecule has 2 aromatic carbocycles. The van der Waals surface area contributed by atoms with Crippen LogP contribution in [0.3, 0.4) is 0 Å². The fourth-order valence-corrected chi connectivity index (χ4v) is 5.73. The summed E-state index contributed by atoms with van der Waals surface area (Å²) in [4.78, 5) is 16.0. The van der Waals surface area contributed by atoms with E-state index < -0.39 is 0 Å². The molecule has 1 saturated heterocycles. The minimum atomic E-state index is 0.0125. The third-order valence-electron chi connectivity index (χ3n) is 6.15. The van der Waals surface area contributed by atoms with Crippen molar-refractivity contribution in [1.29, 1.82) is 0 Å². The number of thiophene rings is 1. The summed E-state index contributed by atoms with van der Waals surface area (Å²) < 4.78 is 12.1. The van der Waals surface area contributed by atoms with Gasteiger partial charge in [-0.2, -0.15) is 0 Å². The van der Waals surface area contributed by atoms with Gasteiger partial charge in [0.2, 0.25) is 0 Å². The van der Waals surface area contributed by atoms with Crippen molar-refractivity contribution in [2.24, 2.45) is 0 Å². The minimum absolute atomic E-state index is 0.0125. The standard InChI is InChI=1S/C25H30N2O3S/c1-26-25(28)24-20(19-9-4-5-10-23(19)31-24)15-18-8-6-7-13-27(18)16-17-11-12-21(29-2)22(14-17)30-3/h4-5,9-12,14,18H,6-8,13,15-16H2,1-3H3,(H,26,28)/t18-/m1/s1. The van der Waals surface area contributed by atoms with Crippen LogP contribution in [0, 0.1) is 0 Å². The molecule has 1 amide bonds. The van der Waals surface area contributed by atoms with E-state index in [0.29, 0.717) is 6.04 Å². The van der Waals surface area contributed by atoms with Crippen molar-refractivity contribution in [3.8, 4) is 11.5 Å². The minimum Gasteiger partial charge on any atom is -0.493 e. The lowest BCUT2D eigenvalue weighted by atomic mass is 9.93. The van der Waals surface area contributed by atoms with Gasteiger partial charge in [-0.15, -0.1) is 11.3 Å². The van der Waals surface area contributed by atoms with Gasteiger partial charge in [0.1, 0.15) is 0 Å². The summed E-state index contributed by atoms with van der Waals surface area (Å²) >= 11 is 1.60. The van der Waals surface area contributed by atoms with Crippen molar-refractivity contribution < 1.29 is 14.3 Å². The lowest BCUT2D eigenvalue weighted by molar-refractivity contribution is 0.0964. The Hall–Kier alpha value is -2.57. The molecule has 3 aromatic rings. The Morgan fingerprint density at radius 1 is 1.13 bits per heavy atom. The van der Waals surface area contributed by atoms with Crippen LogP contribution >= 0.6 is 11.3 Å². The van der Waals surface area contributed by atoms with Crippen molar-refractivity contribution in [1.82, 2.24) is 10.2 Å². The van der Waals surface area contributed by atoms with Gasteiger partial charge in [0.05, 0.1) is 19.1 Å². The van der Waals surface area contributed by atoms with Gasteiger partial charge in [0, 0.05) is 24.3 Å². The number of likely N-dealkylation sites (tertiary alicyclic amines) is 1. The number of benzene rings is 2. The molecule has 1 fully saturated rings. The molecule has 5 nitrogen and oxygen atoms in total. The lowest BCUT2D eigenvalue weighted by Gasteiger charge is -2.36. The summed E-state index contributed by atoms with van der Waals surface area (Å²) in [7, 11) is 5.04. The molecule has 2 heterocycles. The van der Waals surface area contributed by atoms with Gasteiger partial charge in [-0.05, 0) is 60.5 Å². The molecule has 1 N–H and O–H groups in total. The molecular weight excluding hydrogens is 408 g/mol. The van der Waals surface area contributed by atoms with Crippen molar-refractivity contribution >= 4 is 27.3 Å². The number of amides is 1. The van der Waals surface area contributed by atoms with E-state index in [-0.39, 0.29) is 5.91 Å². The third-order valence-corrected chi connectivity index (χ3v) is 7.37. The van der Waals surface area contributed by atoms with E-state index in [2.05, 4.69) is 40.5 Å². The molecule has 1 aromatic heterocycles. The van der Waals surface area contributed by atoms with Crippen molar-refractivity contribution in [2.45, 2.75) is 38.3 Å². The fourth-order valence-electron chi connectivity index (χ4n) is 4.55. The number of nitrogens with zero attached hydrogens (tertiary/aromatic N) is 1. The van der Waals surface area contributed by atoms with Crippen LogP contribution in [0.15, 0.2) is 42.5 Å². The Bertz CT molecular complexity index is 1060. The Morgan fingerprint density at radius 3 is 2.71 bits per heavy atom. The first-order valence-electron chi connectivity index (χ1n) is 10.8. The van der Waals surface area contributed by atoms with E-state index in [4.69, 9.17) is 9.47 Å². The average Bonchev–Trinajstić information content (AvgIpc) is 3.18. The van der Waals surface area contributed by atoms with Gasteiger partial charge < -0.3 is 14.8 Å². The highest BCUT2D eigenvalue weighted by Crippen LogP contribution is 2.35. The lowest BCUT2D eigenvalue weighted by Crippen LogP contribution is -2.40. The van der Waals surface area contributed by atoms with E-state index in [1.807, 2.05) is 12.1 Å². The number of hydrogen-bond donors (Lipinski definition) is 1. The van der Waals surface area contributed by atoms with Gasteiger partial charge >= 0.3 is 0 Å². The monoisotopic (exact) mass is 438 g/mol. The maximum atomic E-state index is 12.6. The highest BCUT2D eigenvalue weighted by atomic mass is 32.1. The van der Waals surface area contributed by atoms with Gasteiger partial charge in [0.15, 0.2) is 11.5 Å². The van der Waals surface area contributed by atoms with E-state index in [9.17, 15) is 4.79 Å². The molecule has 1 aliphatic heterocycles. The zero-order valence-electron chi connectivity index (χ0n) is 18.4. The number of ether oxygens (including phenoxy) is 2. The summed E-state index contributed by atoms with van der Waals surface area (Å²) in [6, 6.07) is 14.9. The van der Waals surface area contributed by atoms with Crippen molar-refractivity contribution in [2.75, 3.05) is 27.8 Å². The molecular formula is C25H30N2O3S. The Kier molecular flexibility index (Phi) is 6.78. The molecule has 1 atom stereocenters. The third kappa shape index (κ3) is 4.55. The first kappa shape index (κ1) is 21.7. The number of fused-ring (bicyclic) bond motifs is 1. The van der Waals surface area contributed by atoms with Crippen LogP contribution in [0.2, 0.25) is 0 Å². The van der Waals surface area contributed by atoms with Crippen LogP contribution in [0.1, 0.15) is 40.1 Å². The van der Waals surface area contributed by atoms with Crippen molar-refractivity contribution in [3.05, 3.63) is 58.5 Å². The maximum Gasteiger partial charge on any atom is 0.261 e. The van der Waals surface area contributed by atoms with Crippen LogP contribution in [0.25, 0.3) is 10.1 Å².